The lowest BCUT2D eigenvalue weighted by Gasteiger charge is -2.34. The number of benzene rings is 2. The zero-order valence-corrected chi connectivity index (χ0v) is 20.6. The Bertz CT molecular complexity index is 1170. The van der Waals surface area contributed by atoms with Gasteiger partial charge in [-0.2, -0.15) is 0 Å². The minimum Gasteiger partial charge on any atom is -0.493 e. The Hall–Kier alpha value is -4.33. The van der Waals surface area contributed by atoms with Crippen LogP contribution < -0.4 is 14.2 Å². The lowest BCUT2D eigenvalue weighted by Crippen LogP contribution is -2.50. The molecule has 0 unspecified atom stereocenters. The highest BCUT2D eigenvalue weighted by Crippen LogP contribution is 2.38. The number of pyridine rings is 1. The summed E-state index contributed by atoms with van der Waals surface area (Å²) >= 11 is 0. The third kappa shape index (κ3) is 5.33. The number of hydrogen-bond acceptors (Lipinski definition) is 6. The van der Waals surface area contributed by atoms with Gasteiger partial charge in [0.05, 0.1) is 21.3 Å². The average Bonchev–Trinajstić information content (AvgIpc) is 2.95. The van der Waals surface area contributed by atoms with Gasteiger partial charge in [-0.05, 0) is 41.0 Å². The van der Waals surface area contributed by atoms with E-state index in [4.69, 9.17) is 14.2 Å². The summed E-state index contributed by atoms with van der Waals surface area (Å²) in [5, 5.41) is 0. The predicted octanol–water partition coefficient (Wildman–Crippen LogP) is 3.52. The molecule has 0 radical (unpaired) electrons. The molecule has 0 N–H and O–H groups in total. The van der Waals surface area contributed by atoms with E-state index in [-0.39, 0.29) is 11.8 Å². The highest BCUT2D eigenvalue weighted by Gasteiger charge is 2.26. The molecular weight excluding hydrogens is 458 g/mol. The number of methoxy groups -OCH3 is 3. The number of piperazine rings is 1. The molecule has 0 atom stereocenters. The van der Waals surface area contributed by atoms with Crippen LogP contribution in [0, 0.1) is 0 Å². The molecule has 1 aliphatic rings. The van der Waals surface area contributed by atoms with Crippen LogP contribution in [0.25, 0.3) is 5.57 Å². The van der Waals surface area contributed by atoms with Crippen molar-refractivity contribution in [2.45, 2.75) is 0 Å². The zero-order chi connectivity index (χ0) is 25.5. The number of carbonyl (C=O) groups excluding carboxylic acids is 2. The van der Waals surface area contributed by atoms with E-state index in [9.17, 15) is 9.59 Å². The number of carbonyl (C=O) groups is 2. The van der Waals surface area contributed by atoms with Crippen molar-refractivity contribution in [3.05, 3.63) is 89.8 Å². The Labute approximate surface area is 210 Å². The number of rotatable bonds is 7. The average molecular weight is 488 g/mol. The number of hydrogen-bond donors (Lipinski definition) is 0. The predicted molar refractivity (Wildman–Crippen MR) is 136 cm³/mol. The first-order valence-electron chi connectivity index (χ1n) is 11.6. The third-order valence-electron chi connectivity index (χ3n) is 6.13. The number of amides is 2. The lowest BCUT2D eigenvalue weighted by molar-refractivity contribution is -0.127. The van der Waals surface area contributed by atoms with Crippen molar-refractivity contribution in [2.24, 2.45) is 0 Å². The van der Waals surface area contributed by atoms with E-state index in [1.165, 1.54) is 21.3 Å². The summed E-state index contributed by atoms with van der Waals surface area (Å²) in [6.07, 6.45) is 5.09. The second-order valence-electron chi connectivity index (χ2n) is 8.19. The Balaban J connectivity index is 1.49. The van der Waals surface area contributed by atoms with E-state index in [0.29, 0.717) is 49.0 Å². The molecule has 36 heavy (non-hydrogen) atoms. The van der Waals surface area contributed by atoms with Crippen molar-refractivity contribution in [3.8, 4) is 17.2 Å². The van der Waals surface area contributed by atoms with E-state index in [0.717, 1.165) is 16.7 Å². The Morgan fingerprint density at radius 3 is 1.86 bits per heavy atom. The van der Waals surface area contributed by atoms with Gasteiger partial charge in [-0.15, -0.1) is 0 Å². The molecule has 8 heteroatoms. The molecular formula is C28H29N3O5. The summed E-state index contributed by atoms with van der Waals surface area (Å²) in [7, 11) is 4.54. The van der Waals surface area contributed by atoms with Crippen molar-refractivity contribution in [2.75, 3.05) is 47.5 Å². The van der Waals surface area contributed by atoms with Gasteiger partial charge in [0.25, 0.3) is 5.91 Å². The minimum absolute atomic E-state index is 0.0921. The summed E-state index contributed by atoms with van der Waals surface area (Å²) in [5.41, 5.74) is 3.14. The SMILES string of the molecule is COc1cc(C(=O)N2CCN(C(=O)/C=C(\c3ccccc3)c3ccncc3)CC2)cc(OC)c1OC. The molecule has 4 rings (SSSR count). The van der Waals surface area contributed by atoms with Crippen LogP contribution in [0.1, 0.15) is 21.5 Å². The van der Waals surface area contributed by atoms with Gasteiger partial charge in [-0.3, -0.25) is 14.6 Å². The molecule has 2 amide bonds. The van der Waals surface area contributed by atoms with Gasteiger partial charge in [-0.1, -0.05) is 30.3 Å². The van der Waals surface area contributed by atoms with Crippen LogP contribution in [0.3, 0.4) is 0 Å². The van der Waals surface area contributed by atoms with Gasteiger partial charge in [0.15, 0.2) is 11.5 Å². The Kier molecular flexibility index (Phi) is 7.85. The molecule has 0 spiro atoms. The van der Waals surface area contributed by atoms with Crippen molar-refractivity contribution >= 4 is 17.4 Å². The molecule has 0 saturated carbocycles. The maximum atomic E-state index is 13.2. The van der Waals surface area contributed by atoms with Gasteiger partial charge < -0.3 is 24.0 Å². The van der Waals surface area contributed by atoms with Gasteiger partial charge >= 0.3 is 0 Å². The van der Waals surface area contributed by atoms with Gasteiger partial charge in [0.2, 0.25) is 11.7 Å². The molecule has 1 fully saturated rings. The minimum atomic E-state index is -0.154. The van der Waals surface area contributed by atoms with Crippen LogP contribution in [0.15, 0.2) is 73.1 Å². The largest absolute Gasteiger partial charge is 0.493 e. The Morgan fingerprint density at radius 2 is 1.31 bits per heavy atom. The Morgan fingerprint density at radius 1 is 0.750 bits per heavy atom. The van der Waals surface area contributed by atoms with Gasteiger partial charge in [-0.25, -0.2) is 0 Å². The summed E-state index contributed by atoms with van der Waals surface area (Å²) in [4.78, 5) is 34.0. The van der Waals surface area contributed by atoms with E-state index in [2.05, 4.69) is 4.98 Å². The molecule has 2 heterocycles. The first-order valence-corrected chi connectivity index (χ1v) is 11.6. The molecule has 0 aliphatic carbocycles. The van der Waals surface area contributed by atoms with Gasteiger partial charge in [0, 0.05) is 50.2 Å². The van der Waals surface area contributed by atoms with Crippen LogP contribution in [-0.2, 0) is 4.79 Å². The smallest absolute Gasteiger partial charge is 0.254 e. The number of nitrogens with zero attached hydrogens (tertiary/aromatic N) is 3. The van der Waals surface area contributed by atoms with Crippen LogP contribution in [0.4, 0.5) is 0 Å². The summed E-state index contributed by atoms with van der Waals surface area (Å²) < 4.78 is 16.1. The molecule has 2 aromatic carbocycles. The molecule has 1 aliphatic heterocycles. The first kappa shape index (κ1) is 24.8. The fourth-order valence-corrected chi connectivity index (χ4v) is 4.21. The zero-order valence-electron chi connectivity index (χ0n) is 20.6. The van der Waals surface area contributed by atoms with E-state index in [1.54, 1.807) is 40.4 Å². The number of aromatic nitrogens is 1. The van der Waals surface area contributed by atoms with Crippen LogP contribution in [0.2, 0.25) is 0 Å². The number of ether oxygens (including phenoxy) is 3. The van der Waals surface area contributed by atoms with Crippen molar-refractivity contribution < 1.29 is 23.8 Å². The topological polar surface area (TPSA) is 81.2 Å². The second kappa shape index (κ2) is 11.4. The third-order valence-corrected chi connectivity index (χ3v) is 6.13. The van der Waals surface area contributed by atoms with E-state index >= 15 is 0 Å². The maximum Gasteiger partial charge on any atom is 0.254 e. The summed E-state index contributed by atoms with van der Waals surface area (Å²) in [5.74, 6) is 1.03. The fourth-order valence-electron chi connectivity index (χ4n) is 4.21. The maximum absolute atomic E-state index is 13.2. The molecule has 3 aromatic rings. The normalized spacial score (nSPS) is 13.8. The summed E-state index contributed by atoms with van der Waals surface area (Å²) in [6.45, 7) is 1.71. The van der Waals surface area contributed by atoms with Crippen LogP contribution in [0.5, 0.6) is 17.2 Å². The standard InChI is InChI=1S/C28H29N3O5/c1-34-24-17-22(18-25(35-2)27(24)36-3)28(33)31-15-13-30(14-16-31)26(32)19-23(20-7-5-4-6-8-20)21-9-11-29-12-10-21/h4-12,17-19H,13-16H2,1-3H3/b23-19+. The highest BCUT2D eigenvalue weighted by atomic mass is 16.5. The first-order chi connectivity index (χ1) is 17.5. The molecule has 0 bridgehead atoms. The van der Waals surface area contributed by atoms with E-state index in [1.807, 2.05) is 42.5 Å². The van der Waals surface area contributed by atoms with Crippen LogP contribution in [-0.4, -0.2) is 74.1 Å². The summed E-state index contributed by atoms with van der Waals surface area (Å²) in [6, 6.07) is 16.9. The van der Waals surface area contributed by atoms with Crippen LogP contribution >= 0.6 is 0 Å². The second-order valence-corrected chi connectivity index (χ2v) is 8.19. The molecule has 1 saturated heterocycles. The highest BCUT2D eigenvalue weighted by molar-refractivity contribution is 5.99. The fraction of sp³-hybridized carbons (Fsp3) is 0.250. The van der Waals surface area contributed by atoms with Crippen molar-refractivity contribution in [1.29, 1.82) is 0 Å². The molecule has 8 nitrogen and oxygen atoms in total. The quantitative estimate of drug-likeness (QED) is 0.475. The molecule has 186 valence electrons. The molecule has 1 aromatic heterocycles. The van der Waals surface area contributed by atoms with Crippen molar-refractivity contribution in [3.63, 3.8) is 0 Å². The van der Waals surface area contributed by atoms with E-state index < -0.39 is 0 Å². The van der Waals surface area contributed by atoms with Gasteiger partial charge in [0.1, 0.15) is 0 Å². The van der Waals surface area contributed by atoms with Crippen molar-refractivity contribution in [1.82, 2.24) is 14.8 Å². The monoisotopic (exact) mass is 487 g/mol. The lowest BCUT2D eigenvalue weighted by atomic mass is 9.98.